The molecule has 0 unspecified atom stereocenters. The average Bonchev–Trinajstić information content (AvgIpc) is 3.00. The van der Waals surface area contributed by atoms with Crippen molar-refractivity contribution in [2.45, 2.75) is 32.7 Å². The molecule has 0 amide bonds. The fourth-order valence-corrected chi connectivity index (χ4v) is 2.98. The predicted molar refractivity (Wildman–Crippen MR) is 87.1 cm³/mol. The first-order valence-corrected chi connectivity index (χ1v) is 7.64. The summed E-state index contributed by atoms with van der Waals surface area (Å²) in [5.41, 5.74) is 2.51. The first-order chi connectivity index (χ1) is 9.91. The zero-order valence-electron chi connectivity index (χ0n) is 12.3. The zero-order chi connectivity index (χ0) is 15.0. The summed E-state index contributed by atoms with van der Waals surface area (Å²) in [5.74, 6) is 0. The number of anilines is 1. The summed E-state index contributed by atoms with van der Waals surface area (Å²) in [7, 11) is 0. The van der Waals surface area contributed by atoms with Crippen molar-refractivity contribution in [3.05, 3.63) is 44.8 Å². The number of thiazole rings is 1. The summed E-state index contributed by atoms with van der Waals surface area (Å²) < 4.78 is 0. The van der Waals surface area contributed by atoms with Gasteiger partial charge in [-0.25, -0.2) is 9.78 Å². The van der Waals surface area contributed by atoms with Gasteiger partial charge in [0, 0.05) is 22.2 Å². The Kier molecular flexibility index (Phi) is 3.33. The predicted octanol–water partition coefficient (Wildman–Crippen LogP) is 3.22. The van der Waals surface area contributed by atoms with E-state index in [1.165, 1.54) is 4.88 Å². The summed E-state index contributed by atoms with van der Waals surface area (Å²) >= 11 is 1.73. The number of aromatic amines is 2. The molecule has 6 heteroatoms. The molecule has 21 heavy (non-hydrogen) atoms. The molecular formula is C15H18N4OS. The second-order valence-electron chi connectivity index (χ2n) is 6.07. The minimum absolute atomic E-state index is 0.0897. The number of fused-ring (bicyclic) bond motifs is 1. The molecule has 2 aromatic heterocycles. The lowest BCUT2D eigenvalue weighted by atomic mass is 9.98. The molecule has 0 spiro atoms. The number of H-pyrrole nitrogens is 2. The summed E-state index contributed by atoms with van der Waals surface area (Å²) in [5, 5.41) is 4.50. The second-order valence-corrected chi connectivity index (χ2v) is 7.19. The lowest BCUT2D eigenvalue weighted by Gasteiger charge is -2.13. The number of hydrogen-bond donors (Lipinski definition) is 3. The van der Waals surface area contributed by atoms with E-state index in [2.05, 4.69) is 41.0 Å². The minimum Gasteiger partial charge on any atom is -0.380 e. The molecule has 0 aliphatic rings. The Morgan fingerprint density at radius 3 is 2.71 bits per heavy atom. The van der Waals surface area contributed by atoms with Gasteiger partial charge in [-0.1, -0.05) is 20.8 Å². The maximum absolute atomic E-state index is 11.2. The number of imidazole rings is 1. The van der Waals surface area contributed by atoms with Crippen LogP contribution in [0.1, 0.15) is 30.7 Å². The van der Waals surface area contributed by atoms with Gasteiger partial charge in [-0.3, -0.25) is 0 Å². The van der Waals surface area contributed by atoms with E-state index in [4.69, 9.17) is 0 Å². The van der Waals surface area contributed by atoms with Gasteiger partial charge in [-0.2, -0.15) is 0 Å². The van der Waals surface area contributed by atoms with Crippen LogP contribution in [0.15, 0.2) is 29.2 Å². The summed E-state index contributed by atoms with van der Waals surface area (Å²) in [6, 6.07) is 5.78. The first-order valence-electron chi connectivity index (χ1n) is 6.83. The SMILES string of the molecule is CC(C)(C)c1ncc(CNc2ccc3[nH]c(=O)[nH]c3c2)s1. The van der Waals surface area contributed by atoms with E-state index in [0.29, 0.717) is 0 Å². The lowest BCUT2D eigenvalue weighted by molar-refractivity contribution is 0.585. The lowest BCUT2D eigenvalue weighted by Crippen LogP contribution is -2.09. The maximum atomic E-state index is 11.2. The summed E-state index contributed by atoms with van der Waals surface area (Å²) in [6.45, 7) is 7.23. The number of hydrogen-bond acceptors (Lipinski definition) is 4. The monoisotopic (exact) mass is 302 g/mol. The molecule has 0 aliphatic heterocycles. The number of benzene rings is 1. The standard InChI is InChI=1S/C15H18N4OS/c1-15(2,3)13-17-8-10(21-13)7-16-9-4-5-11-12(6-9)19-14(20)18-11/h4-6,8,16H,7H2,1-3H3,(H2,18,19,20). The van der Waals surface area contributed by atoms with Gasteiger partial charge in [0.2, 0.25) is 0 Å². The fraction of sp³-hybridized carbons (Fsp3) is 0.333. The molecule has 0 radical (unpaired) electrons. The van der Waals surface area contributed by atoms with Gasteiger partial charge in [0.15, 0.2) is 0 Å². The van der Waals surface area contributed by atoms with Gasteiger partial charge in [0.1, 0.15) is 0 Å². The van der Waals surface area contributed by atoms with Crippen LogP contribution in [0, 0.1) is 0 Å². The Hall–Kier alpha value is -2.08. The molecule has 0 fully saturated rings. The molecular weight excluding hydrogens is 284 g/mol. The Labute approximate surface area is 126 Å². The highest BCUT2D eigenvalue weighted by atomic mass is 32.1. The maximum Gasteiger partial charge on any atom is 0.323 e. The highest BCUT2D eigenvalue weighted by Gasteiger charge is 2.17. The van der Waals surface area contributed by atoms with Gasteiger partial charge in [0.05, 0.1) is 22.6 Å². The largest absolute Gasteiger partial charge is 0.380 e. The van der Waals surface area contributed by atoms with Crippen LogP contribution in [0.3, 0.4) is 0 Å². The van der Waals surface area contributed by atoms with Gasteiger partial charge in [-0.05, 0) is 18.2 Å². The van der Waals surface area contributed by atoms with Crippen molar-refractivity contribution in [3.8, 4) is 0 Å². The third kappa shape index (κ3) is 3.00. The number of nitrogens with one attached hydrogen (secondary N) is 3. The average molecular weight is 302 g/mol. The number of nitrogens with zero attached hydrogens (tertiary/aromatic N) is 1. The highest BCUT2D eigenvalue weighted by Crippen LogP contribution is 2.27. The zero-order valence-corrected chi connectivity index (χ0v) is 13.1. The molecule has 1 aromatic carbocycles. The van der Waals surface area contributed by atoms with Gasteiger partial charge >= 0.3 is 5.69 Å². The smallest absolute Gasteiger partial charge is 0.323 e. The Balaban J connectivity index is 1.74. The van der Waals surface area contributed by atoms with E-state index in [1.54, 1.807) is 11.3 Å². The van der Waals surface area contributed by atoms with E-state index in [9.17, 15) is 4.79 Å². The van der Waals surface area contributed by atoms with E-state index < -0.39 is 0 Å². The molecule has 3 N–H and O–H groups in total. The molecule has 0 bridgehead atoms. The van der Waals surface area contributed by atoms with Crippen LogP contribution in [-0.4, -0.2) is 15.0 Å². The fourth-order valence-electron chi connectivity index (χ4n) is 2.07. The quantitative estimate of drug-likeness (QED) is 0.695. The molecule has 0 atom stereocenters. The molecule has 110 valence electrons. The third-order valence-electron chi connectivity index (χ3n) is 3.18. The topological polar surface area (TPSA) is 73.6 Å². The Bertz CT molecular complexity index is 822. The van der Waals surface area contributed by atoms with Crippen molar-refractivity contribution in [1.82, 2.24) is 15.0 Å². The van der Waals surface area contributed by atoms with E-state index in [0.717, 1.165) is 28.3 Å². The van der Waals surface area contributed by atoms with E-state index in [1.807, 2.05) is 24.4 Å². The third-order valence-corrected chi connectivity index (χ3v) is 4.60. The van der Waals surface area contributed by atoms with Crippen molar-refractivity contribution >= 4 is 28.1 Å². The normalized spacial score (nSPS) is 12.0. The number of aromatic nitrogens is 3. The summed E-state index contributed by atoms with van der Waals surface area (Å²) in [4.78, 5) is 22.4. The van der Waals surface area contributed by atoms with Crippen LogP contribution < -0.4 is 11.0 Å². The first kappa shape index (κ1) is 13.9. The van der Waals surface area contributed by atoms with Crippen LogP contribution >= 0.6 is 11.3 Å². The van der Waals surface area contributed by atoms with Crippen LogP contribution in [0.2, 0.25) is 0 Å². The van der Waals surface area contributed by atoms with Crippen molar-refractivity contribution in [1.29, 1.82) is 0 Å². The second kappa shape index (κ2) is 5.04. The van der Waals surface area contributed by atoms with E-state index in [-0.39, 0.29) is 11.1 Å². The Morgan fingerprint density at radius 1 is 1.24 bits per heavy atom. The van der Waals surface area contributed by atoms with Crippen LogP contribution in [0.5, 0.6) is 0 Å². The Morgan fingerprint density at radius 2 is 2.00 bits per heavy atom. The molecule has 0 saturated carbocycles. The van der Waals surface area contributed by atoms with Crippen molar-refractivity contribution < 1.29 is 0 Å². The van der Waals surface area contributed by atoms with Gasteiger partial charge in [-0.15, -0.1) is 11.3 Å². The highest BCUT2D eigenvalue weighted by molar-refractivity contribution is 7.11. The van der Waals surface area contributed by atoms with E-state index >= 15 is 0 Å². The molecule has 5 nitrogen and oxygen atoms in total. The van der Waals surface area contributed by atoms with Crippen molar-refractivity contribution in [2.75, 3.05) is 5.32 Å². The number of rotatable bonds is 3. The molecule has 0 aliphatic carbocycles. The van der Waals surface area contributed by atoms with Crippen LogP contribution in [-0.2, 0) is 12.0 Å². The molecule has 3 aromatic rings. The van der Waals surface area contributed by atoms with Crippen molar-refractivity contribution in [2.24, 2.45) is 0 Å². The molecule has 3 rings (SSSR count). The summed E-state index contributed by atoms with van der Waals surface area (Å²) in [6.07, 6.45) is 1.93. The van der Waals surface area contributed by atoms with Gasteiger partial charge < -0.3 is 15.3 Å². The van der Waals surface area contributed by atoms with Crippen molar-refractivity contribution in [3.63, 3.8) is 0 Å². The van der Waals surface area contributed by atoms with Crippen LogP contribution in [0.4, 0.5) is 5.69 Å². The van der Waals surface area contributed by atoms with Crippen LogP contribution in [0.25, 0.3) is 11.0 Å². The molecule has 0 saturated heterocycles. The van der Waals surface area contributed by atoms with Gasteiger partial charge in [0.25, 0.3) is 0 Å². The molecule has 2 heterocycles. The minimum atomic E-state index is -0.181.